The minimum absolute atomic E-state index is 0.00707. The largest absolute Gasteiger partial charge is 0.494 e. The molecular weight excluding hydrogens is 280 g/mol. The van der Waals surface area contributed by atoms with E-state index in [9.17, 15) is 9.59 Å². The standard InChI is InChI=1S/C17H24N2O3/c1-13-17(21)19(14(2)16(20)18(13)3)11-7-8-12-22-15-9-5-4-6-10-15/h4-6,9-10,13-14H,7-8,11-12H2,1-3H3/t13-,14-/m0/s1. The molecule has 0 saturated carbocycles. The lowest BCUT2D eigenvalue weighted by molar-refractivity contribution is -0.158. The van der Waals surface area contributed by atoms with Gasteiger partial charge in [0.25, 0.3) is 0 Å². The number of carbonyl (C=O) groups excluding carboxylic acids is 2. The van der Waals surface area contributed by atoms with Crippen LogP contribution in [0.3, 0.4) is 0 Å². The molecule has 0 spiro atoms. The van der Waals surface area contributed by atoms with E-state index in [2.05, 4.69) is 0 Å². The zero-order chi connectivity index (χ0) is 16.1. The lowest BCUT2D eigenvalue weighted by atomic mass is 10.1. The molecule has 1 aromatic carbocycles. The van der Waals surface area contributed by atoms with Gasteiger partial charge in [0.15, 0.2) is 0 Å². The molecule has 0 aliphatic carbocycles. The molecule has 0 aromatic heterocycles. The summed E-state index contributed by atoms with van der Waals surface area (Å²) >= 11 is 0. The van der Waals surface area contributed by atoms with Crippen molar-refractivity contribution in [1.29, 1.82) is 0 Å². The van der Waals surface area contributed by atoms with Gasteiger partial charge < -0.3 is 14.5 Å². The van der Waals surface area contributed by atoms with Gasteiger partial charge in [-0.2, -0.15) is 0 Å². The SMILES string of the molecule is C[C@H]1C(=O)N(CCCCOc2ccccc2)[C@@H](C)C(=O)N1C. The molecule has 1 saturated heterocycles. The number of benzene rings is 1. The van der Waals surface area contributed by atoms with Crippen molar-refractivity contribution in [2.75, 3.05) is 20.2 Å². The molecule has 22 heavy (non-hydrogen) atoms. The molecular formula is C17H24N2O3. The minimum atomic E-state index is -0.372. The van der Waals surface area contributed by atoms with Gasteiger partial charge in [0.05, 0.1) is 6.61 Å². The molecule has 0 radical (unpaired) electrons. The second-order valence-electron chi connectivity index (χ2n) is 5.70. The fraction of sp³-hybridized carbons (Fsp3) is 0.529. The summed E-state index contributed by atoms with van der Waals surface area (Å²) in [6.07, 6.45) is 1.68. The summed E-state index contributed by atoms with van der Waals surface area (Å²) in [5, 5.41) is 0. The normalized spacial score (nSPS) is 22.1. The van der Waals surface area contributed by atoms with E-state index in [0.717, 1.165) is 18.6 Å². The minimum Gasteiger partial charge on any atom is -0.494 e. The van der Waals surface area contributed by atoms with Crippen LogP contribution in [0.15, 0.2) is 30.3 Å². The Kier molecular flexibility index (Phi) is 5.41. The number of unbranched alkanes of at least 4 members (excludes halogenated alkanes) is 1. The second kappa shape index (κ2) is 7.29. The highest BCUT2D eigenvalue weighted by atomic mass is 16.5. The van der Waals surface area contributed by atoms with Crippen LogP contribution in [-0.2, 0) is 9.59 Å². The molecule has 2 rings (SSSR count). The monoisotopic (exact) mass is 304 g/mol. The van der Waals surface area contributed by atoms with Crippen molar-refractivity contribution >= 4 is 11.8 Å². The second-order valence-corrected chi connectivity index (χ2v) is 5.70. The third kappa shape index (κ3) is 3.59. The average Bonchev–Trinajstić information content (AvgIpc) is 2.54. The Hall–Kier alpha value is -2.04. The molecule has 2 atom stereocenters. The van der Waals surface area contributed by atoms with Crippen LogP contribution >= 0.6 is 0 Å². The zero-order valence-electron chi connectivity index (χ0n) is 13.5. The quantitative estimate of drug-likeness (QED) is 0.755. The maximum absolute atomic E-state index is 12.3. The number of amides is 2. The van der Waals surface area contributed by atoms with E-state index in [0.29, 0.717) is 13.2 Å². The lowest BCUT2D eigenvalue weighted by Gasteiger charge is -2.41. The Balaban J connectivity index is 1.76. The van der Waals surface area contributed by atoms with Gasteiger partial charge in [0, 0.05) is 13.6 Å². The predicted octanol–water partition coefficient (Wildman–Crippen LogP) is 1.92. The van der Waals surface area contributed by atoms with E-state index < -0.39 is 0 Å². The van der Waals surface area contributed by atoms with E-state index in [1.165, 1.54) is 4.90 Å². The number of para-hydroxylation sites is 1. The molecule has 0 unspecified atom stereocenters. The summed E-state index contributed by atoms with van der Waals surface area (Å²) in [6, 6.07) is 8.93. The number of rotatable bonds is 6. The predicted molar refractivity (Wildman–Crippen MR) is 84.6 cm³/mol. The summed E-state index contributed by atoms with van der Waals surface area (Å²) in [7, 11) is 1.69. The van der Waals surface area contributed by atoms with Crippen LogP contribution in [0, 0.1) is 0 Å². The Bertz CT molecular complexity index is 518. The van der Waals surface area contributed by atoms with Gasteiger partial charge in [0.2, 0.25) is 11.8 Å². The van der Waals surface area contributed by atoms with E-state index in [4.69, 9.17) is 4.74 Å². The molecule has 1 fully saturated rings. The van der Waals surface area contributed by atoms with Gasteiger partial charge in [-0.15, -0.1) is 0 Å². The van der Waals surface area contributed by atoms with Crippen molar-refractivity contribution in [2.24, 2.45) is 0 Å². The van der Waals surface area contributed by atoms with Crippen LogP contribution in [-0.4, -0.2) is 53.9 Å². The van der Waals surface area contributed by atoms with Crippen molar-refractivity contribution in [3.63, 3.8) is 0 Å². The Labute approximate surface area is 131 Å². The molecule has 1 aliphatic rings. The number of hydrogen-bond donors (Lipinski definition) is 0. The average molecular weight is 304 g/mol. The van der Waals surface area contributed by atoms with E-state index in [1.807, 2.05) is 30.3 Å². The highest BCUT2D eigenvalue weighted by molar-refractivity contribution is 5.96. The maximum atomic E-state index is 12.3. The topological polar surface area (TPSA) is 49.9 Å². The number of carbonyl (C=O) groups is 2. The van der Waals surface area contributed by atoms with E-state index in [-0.39, 0.29) is 23.9 Å². The number of nitrogens with zero attached hydrogens (tertiary/aromatic N) is 2. The molecule has 120 valence electrons. The van der Waals surface area contributed by atoms with Gasteiger partial charge in [-0.3, -0.25) is 9.59 Å². The highest BCUT2D eigenvalue weighted by Gasteiger charge is 2.39. The van der Waals surface area contributed by atoms with E-state index in [1.54, 1.807) is 25.8 Å². The summed E-state index contributed by atoms with van der Waals surface area (Å²) in [6.45, 7) is 4.78. The van der Waals surface area contributed by atoms with Crippen molar-refractivity contribution in [2.45, 2.75) is 38.8 Å². The summed E-state index contributed by atoms with van der Waals surface area (Å²) in [5.74, 6) is 0.890. The van der Waals surface area contributed by atoms with E-state index >= 15 is 0 Å². The van der Waals surface area contributed by atoms with Gasteiger partial charge in [0.1, 0.15) is 17.8 Å². The maximum Gasteiger partial charge on any atom is 0.245 e. The number of piperazine rings is 1. The molecule has 5 heteroatoms. The fourth-order valence-electron chi connectivity index (χ4n) is 2.61. The molecule has 2 amide bonds. The Morgan fingerprint density at radius 3 is 2.36 bits per heavy atom. The molecule has 1 heterocycles. The van der Waals surface area contributed by atoms with Crippen LogP contribution in [0.25, 0.3) is 0 Å². The van der Waals surface area contributed by atoms with Crippen LogP contribution in [0.2, 0.25) is 0 Å². The summed E-state index contributed by atoms with van der Waals surface area (Å²) < 4.78 is 5.63. The Morgan fingerprint density at radius 1 is 1.00 bits per heavy atom. The van der Waals surface area contributed by atoms with Gasteiger partial charge >= 0.3 is 0 Å². The molecule has 1 aliphatic heterocycles. The first kappa shape index (κ1) is 16.3. The van der Waals surface area contributed by atoms with Gasteiger partial charge in [-0.1, -0.05) is 18.2 Å². The molecule has 5 nitrogen and oxygen atoms in total. The van der Waals surface area contributed by atoms with Gasteiger partial charge in [-0.05, 0) is 38.8 Å². The van der Waals surface area contributed by atoms with Crippen molar-refractivity contribution in [3.05, 3.63) is 30.3 Å². The van der Waals surface area contributed by atoms with Crippen molar-refractivity contribution < 1.29 is 14.3 Å². The zero-order valence-corrected chi connectivity index (χ0v) is 13.5. The van der Waals surface area contributed by atoms with Gasteiger partial charge in [-0.25, -0.2) is 0 Å². The van der Waals surface area contributed by atoms with Crippen LogP contribution < -0.4 is 4.74 Å². The third-order valence-electron chi connectivity index (χ3n) is 4.20. The Morgan fingerprint density at radius 2 is 1.68 bits per heavy atom. The summed E-state index contributed by atoms with van der Waals surface area (Å²) in [5.41, 5.74) is 0. The van der Waals surface area contributed by atoms with Crippen LogP contribution in [0.1, 0.15) is 26.7 Å². The number of hydrogen-bond acceptors (Lipinski definition) is 3. The van der Waals surface area contributed by atoms with Crippen molar-refractivity contribution in [1.82, 2.24) is 9.80 Å². The lowest BCUT2D eigenvalue weighted by Crippen LogP contribution is -2.61. The van der Waals surface area contributed by atoms with Crippen molar-refractivity contribution in [3.8, 4) is 5.75 Å². The third-order valence-corrected chi connectivity index (χ3v) is 4.20. The fourth-order valence-corrected chi connectivity index (χ4v) is 2.61. The number of likely N-dealkylation sites (N-methyl/N-ethyl adjacent to an activating group) is 1. The highest BCUT2D eigenvalue weighted by Crippen LogP contribution is 2.17. The number of ether oxygens (including phenoxy) is 1. The smallest absolute Gasteiger partial charge is 0.245 e. The first-order chi connectivity index (χ1) is 10.5. The first-order valence-electron chi connectivity index (χ1n) is 7.77. The van der Waals surface area contributed by atoms with Crippen LogP contribution in [0.5, 0.6) is 5.75 Å². The molecule has 0 N–H and O–H groups in total. The van der Waals surface area contributed by atoms with Crippen LogP contribution in [0.4, 0.5) is 0 Å². The first-order valence-corrected chi connectivity index (χ1v) is 7.77. The summed E-state index contributed by atoms with van der Waals surface area (Å²) in [4.78, 5) is 27.6. The molecule has 0 bridgehead atoms. The molecule has 1 aromatic rings.